The summed E-state index contributed by atoms with van der Waals surface area (Å²) in [5.41, 5.74) is 0. The Morgan fingerprint density at radius 1 is 1.53 bits per heavy atom. The molecular weight excluding hydrogens is 242 g/mol. The number of hydrogen-bond donors (Lipinski definition) is 1. The van der Waals surface area contributed by atoms with E-state index in [1.807, 2.05) is 25.1 Å². The zero-order valence-corrected chi connectivity index (χ0v) is 12.4. The molecule has 1 unspecified atom stereocenters. The summed E-state index contributed by atoms with van der Waals surface area (Å²) in [6.07, 6.45) is 4.58. The van der Waals surface area contributed by atoms with E-state index in [0.717, 1.165) is 39.3 Å². The number of ether oxygens (including phenoxy) is 1. The molecule has 1 fully saturated rings. The van der Waals surface area contributed by atoms with E-state index >= 15 is 0 Å². The zero-order chi connectivity index (χ0) is 14.1. The highest BCUT2D eigenvalue weighted by molar-refractivity contribution is 5.87. The molecule has 1 aliphatic heterocycles. The number of amides is 1. The van der Waals surface area contributed by atoms with Gasteiger partial charge in [0.05, 0.1) is 13.2 Å². The zero-order valence-electron chi connectivity index (χ0n) is 12.4. The molecule has 0 saturated carbocycles. The first kappa shape index (κ1) is 16.1. The Labute approximate surface area is 116 Å². The SMILES string of the molecule is CCC1COCCN1CCNC(=O)/C=C/CN(C)C. The van der Waals surface area contributed by atoms with Crippen molar-refractivity contribution in [3.05, 3.63) is 12.2 Å². The Bertz CT molecular complexity index is 292. The molecule has 19 heavy (non-hydrogen) atoms. The molecule has 110 valence electrons. The lowest BCUT2D eigenvalue weighted by atomic mass is 10.2. The first-order valence-electron chi connectivity index (χ1n) is 7.04. The highest BCUT2D eigenvalue weighted by Gasteiger charge is 2.20. The summed E-state index contributed by atoms with van der Waals surface area (Å²) < 4.78 is 5.46. The average molecular weight is 269 g/mol. The number of rotatable bonds is 7. The van der Waals surface area contributed by atoms with Crippen molar-refractivity contribution in [2.24, 2.45) is 0 Å². The second-order valence-electron chi connectivity index (χ2n) is 5.13. The molecule has 5 heteroatoms. The van der Waals surface area contributed by atoms with Gasteiger partial charge in [0.25, 0.3) is 0 Å². The van der Waals surface area contributed by atoms with Crippen LogP contribution in [0.1, 0.15) is 13.3 Å². The highest BCUT2D eigenvalue weighted by Crippen LogP contribution is 2.08. The van der Waals surface area contributed by atoms with E-state index in [1.54, 1.807) is 6.08 Å². The summed E-state index contributed by atoms with van der Waals surface area (Å²) >= 11 is 0. The van der Waals surface area contributed by atoms with Crippen molar-refractivity contribution in [3.8, 4) is 0 Å². The van der Waals surface area contributed by atoms with Crippen LogP contribution in [0.2, 0.25) is 0 Å². The van der Waals surface area contributed by atoms with Crippen LogP contribution >= 0.6 is 0 Å². The van der Waals surface area contributed by atoms with Crippen LogP contribution in [0.4, 0.5) is 0 Å². The smallest absolute Gasteiger partial charge is 0.243 e. The molecule has 1 atom stereocenters. The van der Waals surface area contributed by atoms with Crippen molar-refractivity contribution in [3.63, 3.8) is 0 Å². The molecule has 1 saturated heterocycles. The molecule has 0 aromatic heterocycles. The first-order valence-corrected chi connectivity index (χ1v) is 7.04. The summed E-state index contributed by atoms with van der Waals surface area (Å²) in [4.78, 5) is 16.0. The minimum atomic E-state index is -0.0110. The van der Waals surface area contributed by atoms with E-state index in [9.17, 15) is 4.79 Å². The van der Waals surface area contributed by atoms with E-state index in [1.165, 1.54) is 0 Å². The van der Waals surface area contributed by atoms with E-state index < -0.39 is 0 Å². The van der Waals surface area contributed by atoms with Crippen LogP contribution in [0, 0.1) is 0 Å². The third kappa shape index (κ3) is 6.71. The molecule has 1 N–H and O–H groups in total. The normalized spacial score (nSPS) is 21.2. The largest absolute Gasteiger partial charge is 0.378 e. The summed E-state index contributed by atoms with van der Waals surface area (Å²) in [6.45, 7) is 7.13. The number of carbonyl (C=O) groups is 1. The summed E-state index contributed by atoms with van der Waals surface area (Å²) in [6, 6.07) is 0.495. The van der Waals surface area contributed by atoms with Crippen molar-refractivity contribution in [1.82, 2.24) is 15.1 Å². The van der Waals surface area contributed by atoms with Crippen LogP contribution in [-0.4, -0.2) is 75.2 Å². The number of nitrogens with zero attached hydrogens (tertiary/aromatic N) is 2. The van der Waals surface area contributed by atoms with Crippen molar-refractivity contribution in [2.45, 2.75) is 19.4 Å². The minimum absolute atomic E-state index is 0.0110. The fourth-order valence-electron chi connectivity index (χ4n) is 2.11. The predicted octanol–water partition coefficient (Wildman–Crippen LogP) is 0.331. The second kappa shape index (κ2) is 9.07. The van der Waals surface area contributed by atoms with Gasteiger partial charge in [0.2, 0.25) is 5.91 Å². The van der Waals surface area contributed by atoms with Gasteiger partial charge in [0, 0.05) is 38.3 Å². The van der Waals surface area contributed by atoms with Crippen molar-refractivity contribution in [1.29, 1.82) is 0 Å². The van der Waals surface area contributed by atoms with Gasteiger partial charge >= 0.3 is 0 Å². The Kier molecular flexibility index (Phi) is 7.70. The molecular formula is C14H27N3O2. The van der Waals surface area contributed by atoms with Crippen LogP contribution in [0.25, 0.3) is 0 Å². The fraction of sp³-hybridized carbons (Fsp3) is 0.786. The van der Waals surface area contributed by atoms with E-state index in [0.29, 0.717) is 12.6 Å². The minimum Gasteiger partial charge on any atom is -0.378 e. The summed E-state index contributed by atoms with van der Waals surface area (Å²) in [7, 11) is 3.96. The first-order chi connectivity index (χ1) is 9.13. The van der Waals surface area contributed by atoms with E-state index in [-0.39, 0.29) is 5.91 Å². The Morgan fingerprint density at radius 2 is 2.32 bits per heavy atom. The van der Waals surface area contributed by atoms with Gasteiger partial charge in [-0.25, -0.2) is 0 Å². The number of nitrogens with one attached hydrogen (secondary N) is 1. The molecule has 0 aromatic carbocycles. The van der Waals surface area contributed by atoms with Crippen LogP contribution in [-0.2, 0) is 9.53 Å². The van der Waals surface area contributed by atoms with Crippen LogP contribution in [0.5, 0.6) is 0 Å². The van der Waals surface area contributed by atoms with Crippen LogP contribution in [0.15, 0.2) is 12.2 Å². The molecule has 1 amide bonds. The topological polar surface area (TPSA) is 44.8 Å². The molecule has 0 bridgehead atoms. The van der Waals surface area contributed by atoms with Gasteiger partial charge in [-0.15, -0.1) is 0 Å². The third-order valence-corrected chi connectivity index (χ3v) is 3.26. The molecule has 0 aliphatic carbocycles. The van der Waals surface area contributed by atoms with Gasteiger partial charge in [-0.05, 0) is 20.5 Å². The Hall–Kier alpha value is -0.910. The lowest BCUT2D eigenvalue weighted by molar-refractivity contribution is -0.116. The van der Waals surface area contributed by atoms with Crippen molar-refractivity contribution >= 4 is 5.91 Å². The Balaban J connectivity index is 2.18. The molecule has 1 aliphatic rings. The quantitative estimate of drug-likeness (QED) is 0.677. The maximum Gasteiger partial charge on any atom is 0.243 e. The van der Waals surface area contributed by atoms with E-state index in [2.05, 4.69) is 17.1 Å². The third-order valence-electron chi connectivity index (χ3n) is 3.26. The van der Waals surface area contributed by atoms with Crippen LogP contribution < -0.4 is 5.32 Å². The molecule has 1 heterocycles. The van der Waals surface area contributed by atoms with Gasteiger partial charge in [-0.2, -0.15) is 0 Å². The maximum atomic E-state index is 11.6. The van der Waals surface area contributed by atoms with Gasteiger partial charge in [0.15, 0.2) is 0 Å². The molecule has 1 rings (SSSR count). The lowest BCUT2D eigenvalue weighted by Crippen LogP contribution is -2.47. The van der Waals surface area contributed by atoms with Gasteiger partial charge in [-0.3, -0.25) is 9.69 Å². The number of hydrogen-bond acceptors (Lipinski definition) is 4. The standard InChI is InChI=1S/C14H27N3O2/c1-4-13-12-19-11-10-17(13)9-7-15-14(18)6-5-8-16(2)3/h5-6,13H,4,7-12H2,1-3H3,(H,15,18)/b6-5+. The molecule has 5 nitrogen and oxygen atoms in total. The maximum absolute atomic E-state index is 11.6. The summed E-state index contributed by atoms with van der Waals surface area (Å²) in [5.74, 6) is -0.0110. The molecule has 0 spiro atoms. The Morgan fingerprint density at radius 3 is 3.00 bits per heavy atom. The van der Waals surface area contributed by atoms with Gasteiger partial charge in [-0.1, -0.05) is 13.0 Å². The van der Waals surface area contributed by atoms with Gasteiger partial charge in [0.1, 0.15) is 0 Å². The number of likely N-dealkylation sites (N-methyl/N-ethyl adjacent to an activating group) is 1. The second-order valence-corrected chi connectivity index (χ2v) is 5.13. The lowest BCUT2D eigenvalue weighted by Gasteiger charge is -2.34. The van der Waals surface area contributed by atoms with Crippen molar-refractivity contribution < 1.29 is 9.53 Å². The predicted molar refractivity (Wildman–Crippen MR) is 77.2 cm³/mol. The molecule has 0 radical (unpaired) electrons. The molecule has 0 aromatic rings. The van der Waals surface area contributed by atoms with E-state index in [4.69, 9.17) is 4.74 Å². The summed E-state index contributed by atoms with van der Waals surface area (Å²) in [5, 5.41) is 2.92. The monoisotopic (exact) mass is 269 g/mol. The van der Waals surface area contributed by atoms with Crippen molar-refractivity contribution in [2.75, 3.05) is 53.5 Å². The van der Waals surface area contributed by atoms with Crippen LogP contribution in [0.3, 0.4) is 0 Å². The number of carbonyl (C=O) groups excluding carboxylic acids is 1. The van der Waals surface area contributed by atoms with Gasteiger partial charge < -0.3 is 15.0 Å². The number of morpholine rings is 1. The fourth-order valence-corrected chi connectivity index (χ4v) is 2.11. The average Bonchev–Trinajstić information content (AvgIpc) is 2.39. The highest BCUT2D eigenvalue weighted by atomic mass is 16.5.